The molecular formula is C14H21NO3. The molecule has 0 saturated carbocycles. The van der Waals surface area contributed by atoms with Gasteiger partial charge in [0.05, 0.1) is 12.8 Å². The Morgan fingerprint density at radius 3 is 2.72 bits per heavy atom. The second kappa shape index (κ2) is 6.28. The lowest BCUT2D eigenvalue weighted by atomic mass is 10.1. The smallest absolute Gasteiger partial charge is 0.303 e. The third kappa shape index (κ3) is 3.95. The summed E-state index contributed by atoms with van der Waals surface area (Å²) < 4.78 is 5.33. The zero-order valence-corrected chi connectivity index (χ0v) is 11.4. The Kier molecular flexibility index (Phi) is 5.01. The van der Waals surface area contributed by atoms with Crippen LogP contribution in [0.25, 0.3) is 0 Å². The number of ether oxygens (including phenoxy) is 1. The number of aryl methyl sites for hydroxylation is 1. The summed E-state index contributed by atoms with van der Waals surface area (Å²) in [4.78, 5) is 12.7. The van der Waals surface area contributed by atoms with Gasteiger partial charge < -0.3 is 14.7 Å². The molecule has 0 spiro atoms. The van der Waals surface area contributed by atoms with Crippen molar-refractivity contribution in [3.05, 3.63) is 23.8 Å². The summed E-state index contributed by atoms with van der Waals surface area (Å²) in [5.74, 6) is 0.149. The largest absolute Gasteiger partial charge is 0.495 e. The number of carboxylic acid groups (broad SMARTS) is 1. The van der Waals surface area contributed by atoms with Gasteiger partial charge >= 0.3 is 5.97 Å². The average molecular weight is 251 g/mol. The molecule has 1 rings (SSSR count). The van der Waals surface area contributed by atoms with Crippen molar-refractivity contribution in [1.82, 2.24) is 0 Å². The van der Waals surface area contributed by atoms with Gasteiger partial charge in [-0.3, -0.25) is 4.79 Å². The van der Waals surface area contributed by atoms with E-state index in [9.17, 15) is 4.79 Å². The van der Waals surface area contributed by atoms with Gasteiger partial charge in [0.2, 0.25) is 0 Å². The van der Waals surface area contributed by atoms with Gasteiger partial charge in [0.25, 0.3) is 0 Å². The van der Waals surface area contributed by atoms with Crippen molar-refractivity contribution < 1.29 is 14.6 Å². The molecule has 4 heteroatoms. The molecule has 100 valence electrons. The molecule has 0 aromatic heterocycles. The molecule has 0 amide bonds. The number of aliphatic carboxylic acids is 1. The number of rotatable bonds is 6. The van der Waals surface area contributed by atoms with E-state index in [1.807, 2.05) is 44.0 Å². The van der Waals surface area contributed by atoms with Crippen LogP contribution in [0.4, 0.5) is 5.69 Å². The van der Waals surface area contributed by atoms with Crippen molar-refractivity contribution in [2.45, 2.75) is 20.3 Å². The Labute approximate surface area is 108 Å². The van der Waals surface area contributed by atoms with Gasteiger partial charge in [0, 0.05) is 20.0 Å². The van der Waals surface area contributed by atoms with Crippen molar-refractivity contribution in [1.29, 1.82) is 0 Å². The summed E-state index contributed by atoms with van der Waals surface area (Å²) in [6.07, 6.45) is 0.179. The minimum Gasteiger partial charge on any atom is -0.495 e. The highest BCUT2D eigenvalue weighted by atomic mass is 16.5. The lowest BCUT2D eigenvalue weighted by Gasteiger charge is -2.24. The van der Waals surface area contributed by atoms with Crippen molar-refractivity contribution >= 4 is 11.7 Å². The molecule has 0 aliphatic rings. The van der Waals surface area contributed by atoms with Gasteiger partial charge in [0.1, 0.15) is 5.75 Å². The Morgan fingerprint density at radius 1 is 1.50 bits per heavy atom. The van der Waals surface area contributed by atoms with Crippen LogP contribution in [0, 0.1) is 12.8 Å². The molecule has 0 radical (unpaired) electrons. The quantitative estimate of drug-likeness (QED) is 0.844. The van der Waals surface area contributed by atoms with Crippen LogP contribution in [-0.4, -0.2) is 31.8 Å². The van der Waals surface area contributed by atoms with E-state index in [1.54, 1.807) is 7.11 Å². The SMILES string of the molecule is COc1ccc(C)cc1N(C)CC(C)CC(=O)O. The highest BCUT2D eigenvalue weighted by molar-refractivity contribution is 5.67. The summed E-state index contributed by atoms with van der Waals surface area (Å²) >= 11 is 0. The molecule has 1 aromatic carbocycles. The topological polar surface area (TPSA) is 49.8 Å². The maximum Gasteiger partial charge on any atom is 0.303 e. The lowest BCUT2D eigenvalue weighted by Crippen LogP contribution is -2.25. The molecule has 1 unspecified atom stereocenters. The molecule has 0 fully saturated rings. The second-order valence-electron chi connectivity index (χ2n) is 4.76. The third-order valence-electron chi connectivity index (χ3n) is 2.85. The fraction of sp³-hybridized carbons (Fsp3) is 0.500. The molecule has 0 aliphatic carbocycles. The minimum atomic E-state index is -0.757. The maximum atomic E-state index is 10.7. The van der Waals surface area contributed by atoms with Gasteiger partial charge in [-0.2, -0.15) is 0 Å². The number of carboxylic acids is 1. The minimum absolute atomic E-state index is 0.0951. The van der Waals surface area contributed by atoms with E-state index >= 15 is 0 Å². The summed E-state index contributed by atoms with van der Waals surface area (Å²) in [6, 6.07) is 5.98. The van der Waals surface area contributed by atoms with Crippen LogP contribution in [0.1, 0.15) is 18.9 Å². The van der Waals surface area contributed by atoms with Crippen LogP contribution in [-0.2, 0) is 4.79 Å². The molecule has 1 aromatic rings. The second-order valence-corrected chi connectivity index (χ2v) is 4.76. The van der Waals surface area contributed by atoms with Crippen molar-refractivity contribution in [2.75, 3.05) is 25.6 Å². The molecule has 0 heterocycles. The average Bonchev–Trinajstić information content (AvgIpc) is 2.27. The molecule has 0 saturated heterocycles. The molecular weight excluding hydrogens is 230 g/mol. The highest BCUT2D eigenvalue weighted by Gasteiger charge is 2.14. The molecule has 1 N–H and O–H groups in total. The first-order chi connectivity index (χ1) is 8.43. The molecule has 18 heavy (non-hydrogen) atoms. The number of carbonyl (C=O) groups is 1. The first-order valence-electron chi connectivity index (χ1n) is 6.01. The van der Waals surface area contributed by atoms with Crippen LogP contribution < -0.4 is 9.64 Å². The summed E-state index contributed by atoms with van der Waals surface area (Å²) in [5.41, 5.74) is 2.15. The van der Waals surface area contributed by atoms with Crippen LogP contribution in [0.2, 0.25) is 0 Å². The third-order valence-corrected chi connectivity index (χ3v) is 2.85. The van der Waals surface area contributed by atoms with Crippen LogP contribution in [0.15, 0.2) is 18.2 Å². The molecule has 0 bridgehead atoms. The standard InChI is InChI=1S/C14H21NO3/c1-10-5-6-13(18-4)12(7-10)15(3)9-11(2)8-14(16)17/h5-7,11H,8-9H2,1-4H3,(H,16,17). The summed E-state index contributed by atoms with van der Waals surface area (Å²) in [5, 5.41) is 8.77. The fourth-order valence-electron chi connectivity index (χ4n) is 2.03. The fourth-order valence-corrected chi connectivity index (χ4v) is 2.03. The molecule has 1 atom stereocenters. The van der Waals surface area contributed by atoms with E-state index in [0.29, 0.717) is 6.54 Å². The first-order valence-corrected chi connectivity index (χ1v) is 6.01. The number of hydrogen-bond donors (Lipinski definition) is 1. The van der Waals surface area contributed by atoms with Gasteiger partial charge in [-0.1, -0.05) is 13.0 Å². The maximum absolute atomic E-state index is 10.7. The summed E-state index contributed by atoms with van der Waals surface area (Å²) in [6.45, 7) is 4.65. The highest BCUT2D eigenvalue weighted by Crippen LogP contribution is 2.29. The van der Waals surface area contributed by atoms with Crippen molar-refractivity contribution in [3.63, 3.8) is 0 Å². The van der Waals surface area contributed by atoms with Crippen molar-refractivity contribution in [3.8, 4) is 5.75 Å². The number of hydrogen-bond acceptors (Lipinski definition) is 3. The molecule has 0 aliphatic heterocycles. The zero-order chi connectivity index (χ0) is 13.7. The van der Waals surface area contributed by atoms with Crippen molar-refractivity contribution in [2.24, 2.45) is 5.92 Å². The van der Waals surface area contributed by atoms with Crippen LogP contribution in [0.3, 0.4) is 0 Å². The Balaban J connectivity index is 2.79. The predicted octanol–water partition coefficient (Wildman–Crippen LogP) is 2.55. The normalized spacial score (nSPS) is 12.0. The van der Waals surface area contributed by atoms with Gasteiger partial charge in [-0.25, -0.2) is 0 Å². The number of benzene rings is 1. The van der Waals surface area contributed by atoms with E-state index in [1.165, 1.54) is 0 Å². The molecule has 4 nitrogen and oxygen atoms in total. The van der Waals surface area contributed by atoms with E-state index in [-0.39, 0.29) is 12.3 Å². The number of anilines is 1. The van der Waals surface area contributed by atoms with E-state index in [0.717, 1.165) is 17.0 Å². The number of methoxy groups -OCH3 is 1. The van der Waals surface area contributed by atoms with E-state index < -0.39 is 5.97 Å². The Bertz CT molecular complexity index is 418. The van der Waals surface area contributed by atoms with Crippen LogP contribution in [0.5, 0.6) is 5.75 Å². The predicted molar refractivity (Wildman–Crippen MR) is 72.4 cm³/mol. The Morgan fingerprint density at radius 2 is 2.17 bits per heavy atom. The van der Waals surface area contributed by atoms with Gasteiger partial charge in [0.15, 0.2) is 0 Å². The van der Waals surface area contributed by atoms with E-state index in [2.05, 4.69) is 0 Å². The van der Waals surface area contributed by atoms with E-state index in [4.69, 9.17) is 9.84 Å². The van der Waals surface area contributed by atoms with Crippen LogP contribution >= 0.6 is 0 Å². The van der Waals surface area contributed by atoms with Gasteiger partial charge in [-0.05, 0) is 30.5 Å². The lowest BCUT2D eigenvalue weighted by molar-refractivity contribution is -0.137. The zero-order valence-electron chi connectivity index (χ0n) is 11.4. The number of nitrogens with zero attached hydrogens (tertiary/aromatic N) is 1. The Hall–Kier alpha value is -1.71. The monoisotopic (exact) mass is 251 g/mol. The van der Waals surface area contributed by atoms with Gasteiger partial charge in [-0.15, -0.1) is 0 Å². The first kappa shape index (κ1) is 14.4. The summed E-state index contributed by atoms with van der Waals surface area (Å²) in [7, 11) is 3.60.